The standard InChI is InChI=1S/C9H10N2O2/c10-9-4-2-6-1-3-7(11(12)13)5-8(6)9/h1,3,5,9H,2,4,10H2. The van der Waals surface area contributed by atoms with E-state index in [1.165, 1.54) is 6.07 Å². The average molecular weight is 178 g/mol. The van der Waals surface area contributed by atoms with Gasteiger partial charge in [0.25, 0.3) is 5.69 Å². The van der Waals surface area contributed by atoms with Gasteiger partial charge in [0.05, 0.1) is 4.92 Å². The molecule has 1 aliphatic carbocycles. The van der Waals surface area contributed by atoms with Gasteiger partial charge in [0, 0.05) is 18.2 Å². The van der Waals surface area contributed by atoms with Crippen LogP contribution in [0.5, 0.6) is 0 Å². The van der Waals surface area contributed by atoms with Crippen molar-refractivity contribution in [2.45, 2.75) is 18.9 Å². The Labute approximate surface area is 75.5 Å². The minimum absolute atomic E-state index is 0.0186. The molecule has 0 saturated carbocycles. The van der Waals surface area contributed by atoms with E-state index in [-0.39, 0.29) is 16.7 Å². The van der Waals surface area contributed by atoms with Crippen molar-refractivity contribution in [2.75, 3.05) is 0 Å². The van der Waals surface area contributed by atoms with Gasteiger partial charge in [0.2, 0.25) is 0 Å². The number of benzene rings is 1. The van der Waals surface area contributed by atoms with E-state index in [0.29, 0.717) is 0 Å². The summed E-state index contributed by atoms with van der Waals surface area (Å²) in [5, 5.41) is 10.5. The van der Waals surface area contributed by atoms with E-state index in [1.807, 2.05) is 0 Å². The van der Waals surface area contributed by atoms with E-state index < -0.39 is 0 Å². The van der Waals surface area contributed by atoms with Crippen LogP contribution in [0.2, 0.25) is 0 Å². The van der Waals surface area contributed by atoms with E-state index >= 15 is 0 Å². The number of rotatable bonds is 1. The predicted molar refractivity (Wildman–Crippen MR) is 48.3 cm³/mol. The second kappa shape index (κ2) is 2.81. The molecule has 13 heavy (non-hydrogen) atoms. The molecule has 0 aliphatic heterocycles. The maximum Gasteiger partial charge on any atom is 0.269 e. The van der Waals surface area contributed by atoms with E-state index in [2.05, 4.69) is 0 Å². The molecule has 1 aromatic rings. The molecule has 2 N–H and O–H groups in total. The molecule has 0 amide bonds. The average Bonchev–Trinajstić information content (AvgIpc) is 2.47. The molecule has 68 valence electrons. The molecule has 0 radical (unpaired) electrons. The molecular formula is C9H10N2O2. The van der Waals surface area contributed by atoms with Crippen molar-refractivity contribution >= 4 is 5.69 Å². The fraction of sp³-hybridized carbons (Fsp3) is 0.333. The van der Waals surface area contributed by atoms with Gasteiger partial charge in [0.15, 0.2) is 0 Å². The Morgan fingerprint density at radius 3 is 3.00 bits per heavy atom. The van der Waals surface area contributed by atoms with Crippen molar-refractivity contribution in [3.8, 4) is 0 Å². The summed E-state index contributed by atoms with van der Waals surface area (Å²) in [6, 6.07) is 4.92. The van der Waals surface area contributed by atoms with Crippen LogP contribution in [0.4, 0.5) is 5.69 Å². The van der Waals surface area contributed by atoms with Gasteiger partial charge >= 0.3 is 0 Å². The number of aryl methyl sites for hydroxylation is 1. The third-order valence-electron chi connectivity index (χ3n) is 2.46. The largest absolute Gasteiger partial charge is 0.324 e. The fourth-order valence-electron chi connectivity index (χ4n) is 1.74. The lowest BCUT2D eigenvalue weighted by atomic mass is 10.1. The van der Waals surface area contributed by atoms with Crippen LogP contribution in [-0.2, 0) is 6.42 Å². The minimum Gasteiger partial charge on any atom is -0.324 e. The number of nitrogens with zero attached hydrogens (tertiary/aromatic N) is 1. The summed E-state index contributed by atoms with van der Waals surface area (Å²) in [6.45, 7) is 0. The molecule has 0 bridgehead atoms. The van der Waals surface area contributed by atoms with Crippen molar-refractivity contribution in [3.63, 3.8) is 0 Å². The lowest BCUT2D eigenvalue weighted by Crippen LogP contribution is -2.05. The normalized spacial score (nSPS) is 19.9. The maximum absolute atomic E-state index is 10.5. The van der Waals surface area contributed by atoms with Crippen LogP contribution in [-0.4, -0.2) is 4.92 Å². The van der Waals surface area contributed by atoms with Crippen LogP contribution in [0, 0.1) is 10.1 Å². The second-order valence-corrected chi connectivity index (χ2v) is 3.29. The Hall–Kier alpha value is -1.42. The zero-order valence-electron chi connectivity index (χ0n) is 7.06. The molecule has 0 spiro atoms. The van der Waals surface area contributed by atoms with E-state index in [9.17, 15) is 10.1 Å². The van der Waals surface area contributed by atoms with Crippen LogP contribution in [0.25, 0.3) is 0 Å². The van der Waals surface area contributed by atoms with Crippen molar-refractivity contribution < 1.29 is 4.92 Å². The number of nitro groups is 1. The van der Waals surface area contributed by atoms with Crippen molar-refractivity contribution in [1.82, 2.24) is 0 Å². The monoisotopic (exact) mass is 178 g/mol. The zero-order valence-corrected chi connectivity index (χ0v) is 7.06. The summed E-state index contributed by atoms with van der Waals surface area (Å²) in [5.74, 6) is 0. The Bertz CT molecular complexity index is 363. The molecule has 4 heteroatoms. The van der Waals surface area contributed by atoms with Crippen LogP contribution in [0.3, 0.4) is 0 Å². The molecule has 1 aromatic carbocycles. The summed E-state index contributed by atoms with van der Waals surface area (Å²) in [5.41, 5.74) is 8.02. The highest BCUT2D eigenvalue weighted by Gasteiger charge is 2.21. The van der Waals surface area contributed by atoms with Crippen LogP contribution in [0.1, 0.15) is 23.6 Å². The smallest absolute Gasteiger partial charge is 0.269 e. The number of hydrogen-bond donors (Lipinski definition) is 1. The summed E-state index contributed by atoms with van der Waals surface area (Å²) >= 11 is 0. The molecule has 1 aliphatic rings. The van der Waals surface area contributed by atoms with Gasteiger partial charge in [-0.05, 0) is 24.0 Å². The number of hydrogen-bond acceptors (Lipinski definition) is 3. The van der Waals surface area contributed by atoms with Gasteiger partial charge in [-0.15, -0.1) is 0 Å². The van der Waals surface area contributed by atoms with Crippen molar-refractivity contribution in [3.05, 3.63) is 39.4 Å². The first-order valence-corrected chi connectivity index (χ1v) is 4.21. The maximum atomic E-state index is 10.5. The Kier molecular flexibility index (Phi) is 1.77. The fourth-order valence-corrected chi connectivity index (χ4v) is 1.74. The molecule has 1 unspecified atom stereocenters. The highest BCUT2D eigenvalue weighted by Crippen LogP contribution is 2.31. The molecule has 0 aromatic heterocycles. The summed E-state index contributed by atoms with van der Waals surface area (Å²) < 4.78 is 0. The van der Waals surface area contributed by atoms with Gasteiger partial charge in [0.1, 0.15) is 0 Å². The Morgan fingerprint density at radius 2 is 2.31 bits per heavy atom. The molecular weight excluding hydrogens is 168 g/mol. The first-order valence-electron chi connectivity index (χ1n) is 4.21. The minimum atomic E-state index is -0.384. The molecule has 4 nitrogen and oxygen atoms in total. The third-order valence-corrected chi connectivity index (χ3v) is 2.46. The SMILES string of the molecule is NC1CCc2ccc([N+](=O)[O-])cc21. The number of nitro benzene ring substituents is 1. The van der Waals surface area contributed by atoms with Crippen LogP contribution in [0.15, 0.2) is 18.2 Å². The lowest BCUT2D eigenvalue weighted by Gasteiger charge is -2.03. The first-order chi connectivity index (χ1) is 6.18. The van der Waals surface area contributed by atoms with Crippen LogP contribution >= 0.6 is 0 Å². The number of non-ortho nitro benzene ring substituents is 1. The van der Waals surface area contributed by atoms with Gasteiger partial charge < -0.3 is 5.73 Å². The topological polar surface area (TPSA) is 69.2 Å². The van der Waals surface area contributed by atoms with Gasteiger partial charge in [-0.3, -0.25) is 10.1 Å². The van der Waals surface area contributed by atoms with Gasteiger partial charge in [-0.1, -0.05) is 6.07 Å². The Balaban J connectivity index is 2.47. The van der Waals surface area contributed by atoms with Gasteiger partial charge in [-0.25, -0.2) is 0 Å². The summed E-state index contributed by atoms with van der Waals surface area (Å²) in [6.07, 6.45) is 1.84. The van der Waals surface area contributed by atoms with E-state index in [4.69, 9.17) is 5.73 Å². The molecule has 0 saturated heterocycles. The number of nitrogens with two attached hydrogens (primary N) is 1. The highest BCUT2D eigenvalue weighted by molar-refractivity contribution is 5.43. The van der Waals surface area contributed by atoms with Crippen molar-refractivity contribution in [1.29, 1.82) is 0 Å². The van der Waals surface area contributed by atoms with E-state index in [0.717, 1.165) is 24.0 Å². The van der Waals surface area contributed by atoms with Crippen LogP contribution < -0.4 is 5.73 Å². The third kappa shape index (κ3) is 1.29. The lowest BCUT2D eigenvalue weighted by molar-refractivity contribution is -0.384. The molecule has 2 rings (SSSR count). The molecule has 0 fully saturated rings. The Morgan fingerprint density at radius 1 is 1.54 bits per heavy atom. The predicted octanol–water partition coefficient (Wildman–Crippen LogP) is 1.54. The first kappa shape index (κ1) is 8.19. The molecule has 0 heterocycles. The second-order valence-electron chi connectivity index (χ2n) is 3.29. The van der Waals surface area contributed by atoms with E-state index in [1.54, 1.807) is 12.1 Å². The molecule has 1 atom stereocenters. The zero-order chi connectivity index (χ0) is 9.42. The summed E-state index contributed by atoms with van der Waals surface area (Å²) in [4.78, 5) is 10.1. The quantitative estimate of drug-likeness (QED) is 0.523. The summed E-state index contributed by atoms with van der Waals surface area (Å²) in [7, 11) is 0. The van der Waals surface area contributed by atoms with Gasteiger partial charge in [-0.2, -0.15) is 0 Å². The van der Waals surface area contributed by atoms with Crippen molar-refractivity contribution in [2.24, 2.45) is 5.73 Å². The highest BCUT2D eigenvalue weighted by atomic mass is 16.6. The number of fused-ring (bicyclic) bond motifs is 1.